The molecule has 0 saturated heterocycles. The smallest absolute Gasteiger partial charge is 0.162 e. The van der Waals surface area contributed by atoms with Crippen molar-refractivity contribution in [2.45, 2.75) is 90.4 Å². The van der Waals surface area contributed by atoms with Gasteiger partial charge in [-0.1, -0.05) is 93.3 Å². The minimum Gasteiger partial charge on any atom is -0.512 e. The van der Waals surface area contributed by atoms with Gasteiger partial charge in [0, 0.05) is 49.6 Å². The maximum absolute atomic E-state index is 11.8. The molecule has 0 bridgehead atoms. The largest absolute Gasteiger partial charge is 0.512 e. The number of hydrogen-bond donors (Lipinski definition) is 1. The molecule has 3 saturated carbocycles. The fraction of sp³-hybridized carbons (Fsp3) is 0.415. The van der Waals surface area contributed by atoms with Crippen molar-refractivity contribution in [2.75, 3.05) is 0 Å². The minimum atomic E-state index is 0. The van der Waals surface area contributed by atoms with Crippen LogP contribution in [0.5, 0.6) is 0 Å². The number of carbonyl (C=O) groups excluding carboxylic acids is 1. The van der Waals surface area contributed by atoms with E-state index in [1.807, 2.05) is 18.3 Å². The van der Waals surface area contributed by atoms with Gasteiger partial charge in [0.15, 0.2) is 5.78 Å². The summed E-state index contributed by atoms with van der Waals surface area (Å²) >= 11 is 0. The number of aryl methyl sites for hydroxylation is 1. The molecular formula is C41H44IrNO3-. The standard InChI is InChI=1S/C28H24NO.C13H20O2.Ir/c1-17-7-8-19(13-17)20-9-10-22-21(16-20)11-12-29-27(22)25-15-18(2)14-24-23-5-3-4-6-26(23)30-28(24)25;14-12(10-5-1-2-6-10)9-13(15)11-7-3-4-8-11;/h3-6,9-12,14,16-17,19H,7-8,13H2,1-2H3;9-11,14H,1-8H2;/q-1;;/b;12-9-;. The molecule has 2 heterocycles. The van der Waals surface area contributed by atoms with Gasteiger partial charge in [-0.2, -0.15) is 0 Å². The number of carbonyl (C=O) groups is 1. The van der Waals surface area contributed by atoms with Gasteiger partial charge in [-0.25, -0.2) is 0 Å². The molecule has 0 amide bonds. The third-order valence-corrected chi connectivity index (χ3v) is 10.6. The first-order chi connectivity index (χ1) is 21.9. The second-order valence-corrected chi connectivity index (χ2v) is 13.9. The first-order valence-corrected chi connectivity index (χ1v) is 17.1. The zero-order valence-corrected chi connectivity index (χ0v) is 29.4. The summed E-state index contributed by atoms with van der Waals surface area (Å²) in [6.07, 6.45) is 16.3. The Morgan fingerprint density at radius 3 is 2.37 bits per heavy atom. The molecule has 8 rings (SSSR count). The van der Waals surface area contributed by atoms with Crippen LogP contribution in [0.2, 0.25) is 0 Å². The van der Waals surface area contributed by atoms with E-state index in [9.17, 15) is 9.90 Å². The van der Waals surface area contributed by atoms with Crippen LogP contribution in [0.3, 0.4) is 0 Å². The van der Waals surface area contributed by atoms with Gasteiger partial charge in [0.1, 0.15) is 5.58 Å². The zero-order valence-electron chi connectivity index (χ0n) is 27.0. The van der Waals surface area contributed by atoms with E-state index >= 15 is 0 Å². The molecule has 46 heavy (non-hydrogen) atoms. The van der Waals surface area contributed by atoms with E-state index in [4.69, 9.17) is 9.40 Å². The van der Waals surface area contributed by atoms with Crippen LogP contribution < -0.4 is 0 Å². The molecule has 1 radical (unpaired) electrons. The van der Waals surface area contributed by atoms with Gasteiger partial charge in [-0.05, 0) is 84.5 Å². The Balaban J connectivity index is 0.000000197. The topological polar surface area (TPSA) is 63.3 Å². The minimum absolute atomic E-state index is 0. The van der Waals surface area contributed by atoms with Gasteiger partial charge in [0.05, 0.1) is 11.3 Å². The molecule has 0 aliphatic heterocycles. The zero-order chi connectivity index (χ0) is 30.9. The number of aliphatic hydroxyl groups is 1. The summed E-state index contributed by atoms with van der Waals surface area (Å²) in [6, 6.07) is 23.0. The SMILES string of the molecule is Cc1[c-]c(-c2nccc3cc(C4CCC(C)C4)ccc23)c2oc3ccccc3c2c1.O=C(/C=C(\O)C1CCCC1)C1CCCC1.[Ir]. The van der Waals surface area contributed by atoms with Gasteiger partial charge >= 0.3 is 0 Å². The van der Waals surface area contributed by atoms with Crippen LogP contribution in [0, 0.1) is 30.7 Å². The van der Waals surface area contributed by atoms with Crippen molar-refractivity contribution in [3.05, 3.63) is 89.8 Å². The normalized spacial score (nSPS) is 20.7. The number of furan rings is 1. The second-order valence-electron chi connectivity index (χ2n) is 13.9. The van der Waals surface area contributed by atoms with Crippen molar-refractivity contribution in [2.24, 2.45) is 17.8 Å². The van der Waals surface area contributed by atoms with Crippen LogP contribution in [0.4, 0.5) is 0 Å². The van der Waals surface area contributed by atoms with Crippen molar-refractivity contribution >= 4 is 38.5 Å². The van der Waals surface area contributed by atoms with Crippen molar-refractivity contribution in [1.82, 2.24) is 4.98 Å². The molecule has 3 fully saturated rings. The third-order valence-electron chi connectivity index (χ3n) is 10.6. The molecule has 5 heteroatoms. The Kier molecular flexibility index (Phi) is 10.1. The van der Waals surface area contributed by atoms with Crippen LogP contribution >= 0.6 is 0 Å². The summed E-state index contributed by atoms with van der Waals surface area (Å²) in [5, 5.41) is 14.5. The molecule has 2 atom stereocenters. The van der Waals surface area contributed by atoms with Crippen LogP contribution in [0.1, 0.15) is 94.6 Å². The van der Waals surface area contributed by atoms with E-state index in [-0.39, 0.29) is 37.7 Å². The molecule has 1 N–H and O–H groups in total. The van der Waals surface area contributed by atoms with Crippen LogP contribution in [0.25, 0.3) is 44.0 Å². The van der Waals surface area contributed by atoms with Gasteiger partial charge in [-0.3, -0.25) is 4.79 Å². The van der Waals surface area contributed by atoms with Gasteiger partial charge in [-0.15, -0.1) is 17.7 Å². The summed E-state index contributed by atoms with van der Waals surface area (Å²) in [6.45, 7) is 4.46. The molecule has 3 aliphatic carbocycles. The molecule has 3 aromatic carbocycles. The van der Waals surface area contributed by atoms with E-state index < -0.39 is 0 Å². The quantitative estimate of drug-likeness (QED) is 0.109. The maximum atomic E-state index is 11.8. The van der Waals surface area contributed by atoms with E-state index in [2.05, 4.69) is 62.4 Å². The van der Waals surface area contributed by atoms with Gasteiger partial charge < -0.3 is 14.5 Å². The monoisotopic (exact) mass is 791 g/mol. The summed E-state index contributed by atoms with van der Waals surface area (Å²) in [5.41, 5.74) is 6.24. The molecule has 4 nitrogen and oxygen atoms in total. The van der Waals surface area contributed by atoms with E-state index in [1.54, 1.807) is 0 Å². The maximum Gasteiger partial charge on any atom is 0.162 e. The van der Waals surface area contributed by atoms with E-state index in [0.717, 1.165) is 75.7 Å². The molecular weight excluding hydrogens is 747 g/mol. The number of aliphatic hydroxyl groups excluding tert-OH is 1. The Hall–Kier alpha value is -3.27. The number of hydrogen-bond acceptors (Lipinski definition) is 4. The van der Waals surface area contributed by atoms with E-state index in [1.165, 1.54) is 62.0 Å². The number of benzene rings is 3. The number of rotatable bonds is 5. The van der Waals surface area contributed by atoms with Gasteiger partial charge in [0.2, 0.25) is 0 Å². The summed E-state index contributed by atoms with van der Waals surface area (Å²) in [5.74, 6) is 2.51. The number of allylic oxidation sites excluding steroid dienone is 2. The number of ketones is 1. The third kappa shape index (κ3) is 6.73. The van der Waals surface area contributed by atoms with Crippen LogP contribution in [-0.4, -0.2) is 15.9 Å². The molecule has 2 unspecified atom stereocenters. The van der Waals surface area contributed by atoms with Crippen molar-refractivity contribution in [1.29, 1.82) is 0 Å². The molecule has 2 aromatic heterocycles. The van der Waals surface area contributed by atoms with Crippen molar-refractivity contribution in [3.63, 3.8) is 0 Å². The number of pyridine rings is 1. The molecule has 0 spiro atoms. The Labute approximate surface area is 286 Å². The Morgan fingerprint density at radius 2 is 1.63 bits per heavy atom. The first-order valence-electron chi connectivity index (χ1n) is 17.1. The van der Waals surface area contributed by atoms with E-state index in [0.29, 0.717) is 11.7 Å². The molecule has 241 valence electrons. The van der Waals surface area contributed by atoms with Crippen LogP contribution in [-0.2, 0) is 24.9 Å². The molecule has 5 aromatic rings. The number of aromatic nitrogens is 1. The fourth-order valence-corrected chi connectivity index (χ4v) is 8.04. The fourth-order valence-electron chi connectivity index (χ4n) is 8.04. The Bertz CT molecular complexity index is 1880. The number of fused-ring (bicyclic) bond motifs is 4. The van der Waals surface area contributed by atoms with Crippen LogP contribution in [0.15, 0.2) is 77.0 Å². The second kappa shape index (κ2) is 14.2. The Morgan fingerprint density at radius 1 is 0.891 bits per heavy atom. The predicted octanol–water partition coefficient (Wildman–Crippen LogP) is 11.2. The summed E-state index contributed by atoms with van der Waals surface area (Å²) in [7, 11) is 0. The average Bonchev–Trinajstić information content (AvgIpc) is 3.88. The predicted molar refractivity (Wildman–Crippen MR) is 183 cm³/mol. The number of nitrogens with zero attached hydrogens (tertiary/aromatic N) is 1. The summed E-state index contributed by atoms with van der Waals surface area (Å²) < 4.78 is 6.29. The van der Waals surface area contributed by atoms with Gasteiger partial charge in [0.25, 0.3) is 0 Å². The first kappa shape index (κ1) is 32.7. The van der Waals surface area contributed by atoms with Crippen molar-refractivity contribution in [3.8, 4) is 11.3 Å². The van der Waals surface area contributed by atoms with Crippen molar-refractivity contribution < 1.29 is 34.4 Å². The molecule has 3 aliphatic rings. The number of para-hydroxylation sites is 1. The summed E-state index contributed by atoms with van der Waals surface area (Å²) in [4.78, 5) is 16.6. The average molecular weight is 791 g/mol.